The van der Waals surface area contributed by atoms with E-state index in [1.165, 1.54) is 7.11 Å². The molecule has 0 unspecified atom stereocenters. The second kappa shape index (κ2) is 6.26. The topological polar surface area (TPSA) is 55.8 Å². The van der Waals surface area contributed by atoms with E-state index in [0.29, 0.717) is 16.3 Å². The number of benzene rings is 1. The minimum Gasteiger partial charge on any atom is -0.491 e. The fourth-order valence-electron chi connectivity index (χ4n) is 1.49. The molecule has 0 aliphatic rings. The van der Waals surface area contributed by atoms with Crippen LogP contribution in [0.15, 0.2) is 18.2 Å². The molecule has 0 spiro atoms. The van der Waals surface area contributed by atoms with Crippen LogP contribution in [0.25, 0.3) is 0 Å². The van der Waals surface area contributed by atoms with Crippen molar-refractivity contribution in [1.82, 2.24) is 0 Å². The molecule has 0 saturated heterocycles. The Balaban J connectivity index is 2.76. The number of esters is 1. The Morgan fingerprint density at radius 1 is 1.47 bits per heavy atom. The smallest absolute Gasteiger partial charge is 0.314 e. The number of hydrogen-bond acceptors (Lipinski definition) is 4. The number of ether oxygens (including phenoxy) is 2. The van der Waals surface area contributed by atoms with Crippen molar-refractivity contribution in [3.8, 4) is 5.75 Å². The maximum absolute atomic E-state index is 11.5. The van der Waals surface area contributed by atoms with Gasteiger partial charge in [0, 0.05) is 0 Å². The lowest BCUT2D eigenvalue weighted by Crippen LogP contribution is -2.32. The molecule has 0 aliphatic carbocycles. The van der Waals surface area contributed by atoms with E-state index in [2.05, 4.69) is 0 Å². The van der Waals surface area contributed by atoms with Gasteiger partial charge in [-0.1, -0.05) is 17.7 Å². The fraction of sp³-hybridized carbons (Fsp3) is 0.500. The Hall–Kier alpha value is -1.26. The van der Waals surface area contributed by atoms with E-state index in [-0.39, 0.29) is 12.6 Å². The summed E-state index contributed by atoms with van der Waals surface area (Å²) in [6.45, 7) is 5.29. The zero-order chi connectivity index (χ0) is 14.6. The molecular weight excluding hydrogens is 268 g/mol. The largest absolute Gasteiger partial charge is 0.491 e. The second-order valence-corrected chi connectivity index (χ2v) is 5.44. The van der Waals surface area contributed by atoms with Gasteiger partial charge in [0.05, 0.1) is 23.7 Å². The molecule has 5 heteroatoms. The maximum atomic E-state index is 11.5. The van der Waals surface area contributed by atoms with Crippen molar-refractivity contribution in [2.45, 2.75) is 26.9 Å². The van der Waals surface area contributed by atoms with Crippen LogP contribution in [0, 0.1) is 5.41 Å². The molecule has 1 atom stereocenters. The number of hydrogen-bond donors (Lipinski definition) is 1. The summed E-state index contributed by atoms with van der Waals surface area (Å²) in [6, 6.07) is 5.06. The minimum absolute atomic E-state index is 0.160. The number of halogens is 1. The first kappa shape index (κ1) is 15.8. The number of carbonyl (C=O) groups excluding carboxylic acids is 1. The summed E-state index contributed by atoms with van der Waals surface area (Å²) in [6.07, 6.45) is -0.585. The minimum atomic E-state index is -0.749. The molecule has 0 heterocycles. The van der Waals surface area contributed by atoms with Crippen molar-refractivity contribution < 1.29 is 19.4 Å². The van der Waals surface area contributed by atoms with Crippen LogP contribution >= 0.6 is 11.6 Å². The van der Waals surface area contributed by atoms with Crippen LogP contribution in [0.5, 0.6) is 5.75 Å². The van der Waals surface area contributed by atoms with Gasteiger partial charge in [0.2, 0.25) is 0 Å². The molecule has 0 saturated carbocycles. The van der Waals surface area contributed by atoms with Crippen molar-refractivity contribution in [2.75, 3.05) is 13.7 Å². The average molecular weight is 287 g/mol. The number of rotatable bonds is 5. The summed E-state index contributed by atoms with van der Waals surface area (Å²) in [4.78, 5) is 11.5. The van der Waals surface area contributed by atoms with Gasteiger partial charge in [0.25, 0.3) is 0 Å². The molecule has 1 N–H and O–H groups in total. The highest BCUT2D eigenvalue weighted by atomic mass is 35.5. The highest BCUT2D eigenvalue weighted by Crippen LogP contribution is 2.29. The molecule has 106 valence electrons. The first-order chi connectivity index (χ1) is 8.77. The lowest BCUT2D eigenvalue weighted by molar-refractivity contribution is -0.152. The summed E-state index contributed by atoms with van der Waals surface area (Å²) in [5.41, 5.74) is -0.0364. The predicted octanol–water partition coefficient (Wildman–Crippen LogP) is 2.97. The molecule has 0 bridgehead atoms. The van der Waals surface area contributed by atoms with Gasteiger partial charge in [-0.05, 0) is 38.5 Å². The molecule has 0 radical (unpaired) electrons. The Morgan fingerprint density at radius 2 is 2.11 bits per heavy atom. The van der Waals surface area contributed by atoms with Crippen LogP contribution in [-0.4, -0.2) is 24.8 Å². The molecule has 1 aromatic rings. The zero-order valence-corrected chi connectivity index (χ0v) is 12.3. The molecule has 1 rings (SSSR count). The van der Waals surface area contributed by atoms with Crippen LogP contribution in [0.2, 0.25) is 5.02 Å². The van der Waals surface area contributed by atoms with Gasteiger partial charge in [0.1, 0.15) is 12.4 Å². The summed E-state index contributed by atoms with van der Waals surface area (Å²) >= 11 is 6.06. The lowest BCUT2D eigenvalue weighted by Gasteiger charge is -2.22. The first-order valence-corrected chi connectivity index (χ1v) is 6.34. The Kier molecular flexibility index (Phi) is 5.20. The number of aliphatic hydroxyl groups is 1. The van der Waals surface area contributed by atoms with Gasteiger partial charge in [-0.25, -0.2) is 0 Å². The van der Waals surface area contributed by atoms with Crippen LogP contribution < -0.4 is 4.74 Å². The quantitative estimate of drug-likeness (QED) is 0.846. The highest BCUT2D eigenvalue weighted by molar-refractivity contribution is 6.32. The van der Waals surface area contributed by atoms with E-state index < -0.39 is 11.5 Å². The molecule has 0 amide bonds. The third-order valence-corrected chi connectivity index (χ3v) is 3.06. The van der Waals surface area contributed by atoms with E-state index in [0.717, 1.165) is 0 Å². The molecule has 19 heavy (non-hydrogen) atoms. The summed E-state index contributed by atoms with van der Waals surface area (Å²) in [5, 5.41) is 9.84. The van der Waals surface area contributed by atoms with Gasteiger partial charge in [-0.15, -0.1) is 0 Å². The van der Waals surface area contributed by atoms with Crippen molar-refractivity contribution in [1.29, 1.82) is 0 Å². The first-order valence-electron chi connectivity index (χ1n) is 5.96. The second-order valence-electron chi connectivity index (χ2n) is 5.03. The van der Waals surface area contributed by atoms with Crippen LogP contribution in [0.4, 0.5) is 0 Å². The SMILES string of the molecule is COC(=O)C(C)(C)COc1ccc([C@H](C)O)cc1Cl. The van der Waals surface area contributed by atoms with E-state index in [9.17, 15) is 9.90 Å². The van der Waals surface area contributed by atoms with Crippen molar-refractivity contribution in [3.05, 3.63) is 28.8 Å². The summed E-state index contributed by atoms with van der Waals surface area (Å²) in [7, 11) is 1.34. The molecular formula is C14H19ClO4. The third-order valence-electron chi connectivity index (χ3n) is 2.76. The number of aliphatic hydroxyl groups excluding tert-OH is 1. The molecule has 0 aromatic heterocycles. The van der Waals surface area contributed by atoms with Crippen molar-refractivity contribution >= 4 is 17.6 Å². The average Bonchev–Trinajstić information content (AvgIpc) is 2.36. The van der Waals surface area contributed by atoms with E-state index in [1.54, 1.807) is 39.0 Å². The standard InChI is InChI=1S/C14H19ClO4/c1-9(16)10-5-6-12(11(15)7-10)19-8-14(2,3)13(17)18-4/h5-7,9,16H,8H2,1-4H3/t9-/m0/s1. The van der Waals surface area contributed by atoms with Crippen LogP contribution in [0.3, 0.4) is 0 Å². The van der Waals surface area contributed by atoms with Crippen molar-refractivity contribution in [2.24, 2.45) is 5.41 Å². The lowest BCUT2D eigenvalue weighted by atomic mass is 9.95. The highest BCUT2D eigenvalue weighted by Gasteiger charge is 2.30. The van der Waals surface area contributed by atoms with Gasteiger partial charge < -0.3 is 14.6 Å². The van der Waals surface area contributed by atoms with E-state index in [1.807, 2.05) is 0 Å². The number of methoxy groups -OCH3 is 1. The fourth-order valence-corrected chi connectivity index (χ4v) is 1.73. The van der Waals surface area contributed by atoms with E-state index in [4.69, 9.17) is 21.1 Å². The third kappa shape index (κ3) is 4.11. The van der Waals surface area contributed by atoms with Gasteiger partial charge in [0.15, 0.2) is 0 Å². The zero-order valence-electron chi connectivity index (χ0n) is 11.6. The normalized spacial score (nSPS) is 12.9. The van der Waals surface area contributed by atoms with Crippen LogP contribution in [-0.2, 0) is 9.53 Å². The predicted molar refractivity (Wildman–Crippen MR) is 73.4 cm³/mol. The molecule has 0 fully saturated rings. The van der Waals surface area contributed by atoms with Gasteiger partial charge >= 0.3 is 5.97 Å². The maximum Gasteiger partial charge on any atom is 0.314 e. The van der Waals surface area contributed by atoms with Gasteiger partial charge in [-0.3, -0.25) is 4.79 Å². The monoisotopic (exact) mass is 286 g/mol. The molecule has 1 aromatic carbocycles. The Bertz CT molecular complexity index is 455. The Labute approximate surface area is 118 Å². The van der Waals surface area contributed by atoms with Crippen molar-refractivity contribution in [3.63, 3.8) is 0 Å². The van der Waals surface area contributed by atoms with Gasteiger partial charge in [-0.2, -0.15) is 0 Å². The summed E-state index contributed by atoms with van der Waals surface area (Å²) in [5.74, 6) is 0.132. The molecule has 0 aliphatic heterocycles. The van der Waals surface area contributed by atoms with Crippen LogP contribution in [0.1, 0.15) is 32.4 Å². The summed E-state index contributed by atoms with van der Waals surface area (Å²) < 4.78 is 10.2. The molecule has 4 nitrogen and oxygen atoms in total. The van der Waals surface area contributed by atoms with E-state index >= 15 is 0 Å². The Morgan fingerprint density at radius 3 is 2.58 bits per heavy atom. The number of carbonyl (C=O) groups is 1.